The van der Waals surface area contributed by atoms with Crippen LogP contribution in [0.3, 0.4) is 0 Å². The normalized spacial score (nSPS) is 15.8. The first-order valence-corrected chi connectivity index (χ1v) is 17.8. The number of primary amides is 1. The van der Waals surface area contributed by atoms with Gasteiger partial charge in [-0.2, -0.15) is 0 Å². The summed E-state index contributed by atoms with van der Waals surface area (Å²) in [4.78, 5) is 60.4. The number of aromatic nitrogens is 1. The Balaban J connectivity index is 1.48. The number of carbonyl (C=O) groups excluding carboxylic acids is 4. The minimum absolute atomic E-state index is 0.0855. The van der Waals surface area contributed by atoms with E-state index in [1.807, 2.05) is 79.0 Å². The van der Waals surface area contributed by atoms with Crippen molar-refractivity contribution in [3.05, 3.63) is 108 Å². The molecule has 1 aliphatic heterocycles. The van der Waals surface area contributed by atoms with Crippen molar-refractivity contribution in [1.29, 1.82) is 0 Å². The molecule has 5 rings (SSSR count). The Morgan fingerprint density at radius 3 is 2.27 bits per heavy atom. The predicted octanol–water partition coefficient (Wildman–Crippen LogP) is 3.92. The van der Waals surface area contributed by atoms with Crippen molar-refractivity contribution in [3.63, 3.8) is 0 Å². The van der Waals surface area contributed by atoms with Gasteiger partial charge in [-0.25, -0.2) is 0 Å². The number of nitrogens with one attached hydrogen (secondary N) is 3. The number of piperidine rings is 1. The Kier molecular flexibility index (Phi) is 13.0. The molecular formula is C40H50N6O5. The Labute approximate surface area is 299 Å². The standard InChI is InChI=1S/C40H50N6O5/c1-28(47)44-36(27-51-26-29-12-4-2-5-13-29)37(48)45-40(39(42)50,20-10-11-21-41)34(24-32-25-43-35-17-9-8-16-33(32)35)38(49)46-22-18-31(19-23-46)30-14-6-3-7-15-30/h2-9,12-17,25,31,34,36,43H,10-11,18-24,26-27,41H2,1H3,(H2,42,50)(H,44,47)(H,45,48)/t34-,36-,40?/m0/s1. The van der Waals surface area contributed by atoms with Crippen molar-refractivity contribution in [1.82, 2.24) is 20.5 Å². The number of unbranched alkanes of at least 4 members (excludes halogenated alkanes) is 1. The lowest BCUT2D eigenvalue weighted by atomic mass is 9.74. The second-order valence-electron chi connectivity index (χ2n) is 13.5. The molecule has 7 N–H and O–H groups in total. The summed E-state index contributed by atoms with van der Waals surface area (Å²) in [6.07, 6.45) is 4.59. The number of para-hydroxylation sites is 1. The molecule has 0 saturated carbocycles. The number of hydrogen-bond acceptors (Lipinski definition) is 6. The molecule has 2 heterocycles. The molecule has 4 amide bonds. The summed E-state index contributed by atoms with van der Waals surface area (Å²) in [7, 11) is 0. The number of aromatic amines is 1. The van der Waals surface area contributed by atoms with Crippen molar-refractivity contribution in [2.24, 2.45) is 17.4 Å². The number of fused-ring (bicyclic) bond motifs is 1. The first-order valence-electron chi connectivity index (χ1n) is 17.8. The highest BCUT2D eigenvalue weighted by atomic mass is 16.5. The van der Waals surface area contributed by atoms with E-state index in [0.29, 0.717) is 38.4 Å². The van der Waals surface area contributed by atoms with E-state index >= 15 is 0 Å². The van der Waals surface area contributed by atoms with Crippen LogP contribution in [-0.2, 0) is 36.9 Å². The van der Waals surface area contributed by atoms with E-state index in [2.05, 4.69) is 27.8 Å². The number of carbonyl (C=O) groups is 4. The van der Waals surface area contributed by atoms with Gasteiger partial charge in [-0.15, -0.1) is 0 Å². The van der Waals surface area contributed by atoms with Crippen LogP contribution in [0.1, 0.15) is 61.6 Å². The molecule has 0 spiro atoms. The van der Waals surface area contributed by atoms with Crippen LogP contribution in [0.15, 0.2) is 91.1 Å². The lowest BCUT2D eigenvalue weighted by Crippen LogP contribution is -2.68. The zero-order chi connectivity index (χ0) is 36.2. The number of hydrogen-bond donors (Lipinski definition) is 5. The molecule has 0 radical (unpaired) electrons. The monoisotopic (exact) mass is 694 g/mol. The third kappa shape index (κ3) is 9.42. The molecule has 0 aliphatic carbocycles. The molecule has 3 atom stereocenters. The summed E-state index contributed by atoms with van der Waals surface area (Å²) in [5.41, 5.74) is 14.2. The number of benzene rings is 3. The zero-order valence-electron chi connectivity index (χ0n) is 29.3. The number of ether oxygens (including phenoxy) is 1. The quantitative estimate of drug-likeness (QED) is 0.105. The van der Waals surface area contributed by atoms with Gasteiger partial charge in [0.2, 0.25) is 23.6 Å². The minimum atomic E-state index is -1.80. The molecule has 0 bridgehead atoms. The molecule has 51 heavy (non-hydrogen) atoms. The largest absolute Gasteiger partial charge is 0.374 e. The summed E-state index contributed by atoms with van der Waals surface area (Å²) in [5, 5.41) is 6.53. The number of rotatable bonds is 17. The number of nitrogens with zero attached hydrogens (tertiary/aromatic N) is 1. The number of amides is 4. The maximum Gasteiger partial charge on any atom is 0.245 e. The lowest BCUT2D eigenvalue weighted by molar-refractivity contribution is -0.147. The van der Waals surface area contributed by atoms with E-state index in [4.69, 9.17) is 16.2 Å². The topological polar surface area (TPSA) is 173 Å². The average molecular weight is 695 g/mol. The van der Waals surface area contributed by atoms with Gasteiger partial charge in [-0.05, 0) is 73.7 Å². The first kappa shape index (κ1) is 37.3. The van der Waals surface area contributed by atoms with Gasteiger partial charge in [-0.1, -0.05) is 78.9 Å². The molecule has 270 valence electrons. The summed E-state index contributed by atoms with van der Waals surface area (Å²) in [6, 6.07) is 26.3. The third-order valence-corrected chi connectivity index (χ3v) is 9.97. The van der Waals surface area contributed by atoms with Crippen LogP contribution >= 0.6 is 0 Å². The Hall–Kier alpha value is -5.00. The van der Waals surface area contributed by atoms with Gasteiger partial charge >= 0.3 is 0 Å². The van der Waals surface area contributed by atoms with Gasteiger partial charge in [0.25, 0.3) is 0 Å². The highest BCUT2D eigenvalue weighted by molar-refractivity contribution is 5.98. The van der Waals surface area contributed by atoms with Gasteiger partial charge < -0.3 is 36.7 Å². The summed E-state index contributed by atoms with van der Waals surface area (Å²) >= 11 is 0. The Morgan fingerprint density at radius 1 is 0.941 bits per heavy atom. The van der Waals surface area contributed by atoms with Crippen LogP contribution in [0.2, 0.25) is 0 Å². The van der Waals surface area contributed by atoms with E-state index in [9.17, 15) is 19.2 Å². The van der Waals surface area contributed by atoms with Gasteiger partial charge in [0.1, 0.15) is 11.6 Å². The highest BCUT2D eigenvalue weighted by Crippen LogP contribution is 2.35. The lowest BCUT2D eigenvalue weighted by Gasteiger charge is -2.42. The molecule has 1 saturated heterocycles. The fourth-order valence-electron chi connectivity index (χ4n) is 7.20. The fraction of sp³-hybridized carbons (Fsp3) is 0.400. The first-order chi connectivity index (χ1) is 24.7. The van der Waals surface area contributed by atoms with E-state index in [-0.39, 0.29) is 32.0 Å². The average Bonchev–Trinajstić information content (AvgIpc) is 3.56. The van der Waals surface area contributed by atoms with Crippen LogP contribution in [-0.4, -0.2) is 71.3 Å². The number of nitrogens with two attached hydrogens (primary N) is 2. The zero-order valence-corrected chi connectivity index (χ0v) is 29.3. The van der Waals surface area contributed by atoms with Crippen LogP contribution in [0.4, 0.5) is 0 Å². The second kappa shape index (κ2) is 17.8. The van der Waals surface area contributed by atoms with Gasteiger partial charge in [-0.3, -0.25) is 19.2 Å². The number of likely N-dealkylation sites (tertiary alicyclic amines) is 1. The van der Waals surface area contributed by atoms with Gasteiger partial charge in [0.15, 0.2) is 0 Å². The SMILES string of the molecule is CC(=O)N[C@@H](COCc1ccccc1)C(=O)NC(CCCCN)(C(N)=O)[C@@H](Cc1c[nH]c2ccccc12)C(=O)N1CCC(c2ccccc2)CC1. The van der Waals surface area contributed by atoms with Crippen molar-refractivity contribution in [2.75, 3.05) is 26.2 Å². The molecule has 1 aromatic heterocycles. The molecule has 3 aromatic carbocycles. The summed E-state index contributed by atoms with van der Waals surface area (Å²) in [6.45, 7) is 2.71. The third-order valence-electron chi connectivity index (χ3n) is 9.97. The maximum atomic E-state index is 14.9. The van der Waals surface area contributed by atoms with E-state index in [1.54, 1.807) is 4.90 Å². The van der Waals surface area contributed by atoms with Crippen molar-refractivity contribution in [3.8, 4) is 0 Å². The molecule has 4 aromatic rings. The van der Waals surface area contributed by atoms with Crippen molar-refractivity contribution in [2.45, 2.75) is 69.6 Å². The maximum absolute atomic E-state index is 14.9. The summed E-state index contributed by atoms with van der Waals surface area (Å²) < 4.78 is 5.87. The molecule has 11 nitrogen and oxygen atoms in total. The van der Waals surface area contributed by atoms with Crippen molar-refractivity contribution >= 4 is 34.5 Å². The van der Waals surface area contributed by atoms with Crippen LogP contribution in [0, 0.1) is 5.92 Å². The van der Waals surface area contributed by atoms with Gasteiger partial charge in [0, 0.05) is 37.1 Å². The van der Waals surface area contributed by atoms with Crippen molar-refractivity contribution < 1.29 is 23.9 Å². The molecular weight excluding hydrogens is 644 g/mol. The van der Waals surface area contributed by atoms with E-state index in [0.717, 1.165) is 34.9 Å². The second-order valence-corrected chi connectivity index (χ2v) is 13.5. The highest BCUT2D eigenvalue weighted by Gasteiger charge is 2.51. The molecule has 1 fully saturated rings. The molecule has 11 heteroatoms. The van der Waals surface area contributed by atoms with E-state index in [1.165, 1.54) is 12.5 Å². The molecule has 1 aliphatic rings. The number of H-pyrrole nitrogens is 1. The molecule has 1 unspecified atom stereocenters. The van der Waals surface area contributed by atoms with Crippen LogP contribution in [0.25, 0.3) is 10.9 Å². The smallest absolute Gasteiger partial charge is 0.245 e. The van der Waals surface area contributed by atoms with E-state index < -0.39 is 35.2 Å². The minimum Gasteiger partial charge on any atom is -0.374 e. The predicted molar refractivity (Wildman–Crippen MR) is 197 cm³/mol. The summed E-state index contributed by atoms with van der Waals surface area (Å²) in [5.74, 6) is -2.93. The Bertz CT molecular complexity index is 1750. The van der Waals surface area contributed by atoms with Crippen LogP contribution < -0.4 is 22.1 Å². The fourth-order valence-corrected chi connectivity index (χ4v) is 7.20. The Morgan fingerprint density at radius 2 is 1.61 bits per heavy atom. The van der Waals surface area contributed by atoms with Gasteiger partial charge in [0.05, 0.1) is 19.1 Å². The van der Waals surface area contributed by atoms with Crippen LogP contribution in [0.5, 0.6) is 0 Å².